The molecule has 9 nitrogen and oxygen atoms in total. The Morgan fingerprint density at radius 1 is 0.582 bits per heavy atom. The highest BCUT2D eigenvalue weighted by Gasteiger charge is 2.27. The number of carbonyl (C=O) groups excluding carboxylic acids is 2. The number of rotatable bonds is 41. The lowest BCUT2D eigenvalue weighted by Gasteiger charge is -2.33. The van der Waals surface area contributed by atoms with E-state index in [9.17, 15) is 19.0 Å². The second kappa shape index (κ2) is 38.0. The number of hydrogen-bond donors (Lipinski definition) is 0. The Hall–Kier alpha value is -1.51. The maximum atomic E-state index is 12.9. The lowest BCUT2D eigenvalue weighted by Crippen LogP contribution is -2.49. The Morgan fingerprint density at radius 3 is 1.42 bits per heavy atom. The predicted molar refractivity (Wildman–Crippen MR) is 227 cm³/mol. The molecule has 0 aliphatic heterocycles. The summed E-state index contributed by atoms with van der Waals surface area (Å²) in [6.07, 6.45) is 40.3. The van der Waals surface area contributed by atoms with Gasteiger partial charge in [0, 0.05) is 12.8 Å². The van der Waals surface area contributed by atoms with E-state index in [0.29, 0.717) is 30.4 Å². The summed E-state index contributed by atoms with van der Waals surface area (Å²) in [6.45, 7) is 6.69. The van der Waals surface area contributed by atoms with Gasteiger partial charge < -0.3 is 27.9 Å². The van der Waals surface area contributed by atoms with E-state index in [1.54, 1.807) is 6.92 Å². The molecule has 324 valence electrons. The van der Waals surface area contributed by atoms with Gasteiger partial charge in [-0.3, -0.25) is 14.2 Å². The van der Waals surface area contributed by atoms with Crippen LogP contribution < -0.4 is 4.89 Å². The minimum Gasteiger partial charge on any atom is -0.756 e. The average molecular weight is 800 g/mol. The molecule has 0 N–H and O–H groups in total. The summed E-state index contributed by atoms with van der Waals surface area (Å²) in [5.74, 6) is -0.582. The maximum Gasteiger partial charge on any atom is 0.306 e. The second-order valence-electron chi connectivity index (χ2n) is 16.0. The summed E-state index contributed by atoms with van der Waals surface area (Å²) in [6, 6.07) is 0. The van der Waals surface area contributed by atoms with Crippen LogP contribution in [0.1, 0.15) is 201 Å². The molecule has 0 rings (SSSR count). The Kier molecular flexibility index (Phi) is 37.0. The van der Waals surface area contributed by atoms with Gasteiger partial charge in [0.15, 0.2) is 6.10 Å². The van der Waals surface area contributed by atoms with Crippen molar-refractivity contribution in [2.45, 2.75) is 207 Å². The molecule has 0 fully saturated rings. The van der Waals surface area contributed by atoms with Gasteiger partial charge in [-0.1, -0.05) is 141 Å². The van der Waals surface area contributed by atoms with E-state index < -0.39 is 13.9 Å². The van der Waals surface area contributed by atoms with Gasteiger partial charge in [-0.25, -0.2) is 0 Å². The number of likely N-dealkylation sites (N-methyl/N-ethyl adjacent to an activating group) is 1. The molecule has 0 aliphatic carbocycles. The summed E-state index contributed by atoms with van der Waals surface area (Å²) in [5.41, 5.74) is 0. The van der Waals surface area contributed by atoms with Crippen LogP contribution in [-0.4, -0.2) is 69.5 Å². The number of unbranched alkanes of at least 4 members (excludes halogenated alkanes) is 22. The molecule has 0 saturated heterocycles. The summed E-state index contributed by atoms with van der Waals surface area (Å²) in [5, 5.41) is 0. The van der Waals surface area contributed by atoms with Crippen LogP contribution in [0.2, 0.25) is 0 Å². The second-order valence-corrected chi connectivity index (χ2v) is 17.4. The van der Waals surface area contributed by atoms with E-state index in [1.807, 2.05) is 14.1 Å². The molecule has 0 radical (unpaired) electrons. The number of phosphoric ester groups is 1. The molecule has 2 atom stereocenters. The first-order valence-corrected chi connectivity index (χ1v) is 24.1. The quantitative estimate of drug-likeness (QED) is 0.0198. The van der Waals surface area contributed by atoms with Crippen LogP contribution in [0, 0.1) is 0 Å². The molecule has 0 spiro atoms. The fourth-order valence-electron chi connectivity index (χ4n) is 6.54. The van der Waals surface area contributed by atoms with Crippen molar-refractivity contribution in [3.8, 4) is 0 Å². The van der Waals surface area contributed by atoms with Crippen LogP contribution in [0.15, 0.2) is 24.3 Å². The third-order valence-electron chi connectivity index (χ3n) is 9.94. The van der Waals surface area contributed by atoms with Gasteiger partial charge in [-0.15, -0.1) is 0 Å². The Morgan fingerprint density at radius 2 is 0.982 bits per heavy atom. The Bertz CT molecular complexity index is 1000. The van der Waals surface area contributed by atoms with Crippen molar-refractivity contribution in [1.29, 1.82) is 0 Å². The lowest BCUT2D eigenvalue weighted by molar-refractivity contribution is -0.893. The fourth-order valence-corrected chi connectivity index (χ4v) is 7.24. The first-order chi connectivity index (χ1) is 26.5. The number of esters is 2. The summed E-state index contributed by atoms with van der Waals surface area (Å²) in [4.78, 5) is 37.3. The number of quaternary nitrogens is 1. The van der Waals surface area contributed by atoms with E-state index >= 15 is 0 Å². The molecule has 0 amide bonds. The summed E-state index contributed by atoms with van der Waals surface area (Å²) >= 11 is 0. The monoisotopic (exact) mass is 800 g/mol. The van der Waals surface area contributed by atoms with E-state index in [1.165, 1.54) is 103 Å². The van der Waals surface area contributed by atoms with Crippen LogP contribution in [0.4, 0.5) is 0 Å². The van der Waals surface area contributed by atoms with Crippen molar-refractivity contribution in [2.24, 2.45) is 0 Å². The minimum absolute atomic E-state index is 0.0100. The Balaban J connectivity index is 4.48. The number of nitrogens with zero attached hydrogens (tertiary/aromatic N) is 1. The van der Waals surface area contributed by atoms with Crippen molar-refractivity contribution in [3.63, 3.8) is 0 Å². The smallest absolute Gasteiger partial charge is 0.306 e. The number of phosphoric acid groups is 1. The van der Waals surface area contributed by atoms with Crippen molar-refractivity contribution in [1.82, 2.24) is 0 Å². The van der Waals surface area contributed by atoms with Gasteiger partial charge in [0.2, 0.25) is 0 Å². The van der Waals surface area contributed by atoms with E-state index in [2.05, 4.69) is 42.7 Å². The van der Waals surface area contributed by atoms with Gasteiger partial charge in [0.25, 0.3) is 7.82 Å². The zero-order valence-electron chi connectivity index (χ0n) is 36.4. The molecular weight excluding hydrogens is 713 g/mol. The van der Waals surface area contributed by atoms with Crippen LogP contribution in [-0.2, 0) is 32.7 Å². The molecule has 0 saturated carbocycles. The van der Waals surface area contributed by atoms with Crippen molar-refractivity contribution < 1.29 is 42.1 Å². The lowest BCUT2D eigenvalue weighted by atomic mass is 10.1. The third kappa shape index (κ3) is 39.1. The molecule has 0 bridgehead atoms. The highest BCUT2D eigenvalue weighted by Crippen LogP contribution is 2.37. The first kappa shape index (κ1) is 53.5. The number of carbonyl (C=O) groups is 2. The van der Waals surface area contributed by atoms with E-state index in [4.69, 9.17) is 14.0 Å². The van der Waals surface area contributed by atoms with Gasteiger partial charge in [0.1, 0.15) is 26.3 Å². The van der Waals surface area contributed by atoms with Gasteiger partial charge in [0.05, 0.1) is 20.7 Å². The standard InChI is InChI=1S/C45H86NO8P/c1-6-9-11-13-15-17-19-21-23-25-27-29-31-33-35-37-44(47)51-42-43(41-46(4,5)39-40-53-55(49,50)52-8-3)54-45(48)38-36-34-32-30-28-26-24-22-20-18-16-14-12-10-7-2/h21-24,43H,6-20,25-42H2,1-5H3/b23-21-,24-22-/t43-/m0/s1. The molecule has 0 heterocycles. The Labute approximate surface area is 339 Å². The van der Waals surface area contributed by atoms with Crippen LogP contribution in [0.5, 0.6) is 0 Å². The molecule has 0 aromatic carbocycles. The summed E-state index contributed by atoms with van der Waals surface area (Å²) < 4.78 is 33.3. The summed E-state index contributed by atoms with van der Waals surface area (Å²) in [7, 11) is -0.548. The molecule has 0 aromatic heterocycles. The predicted octanol–water partition coefficient (Wildman–Crippen LogP) is 12.1. The van der Waals surface area contributed by atoms with E-state index in [-0.39, 0.29) is 31.8 Å². The highest BCUT2D eigenvalue weighted by atomic mass is 31.2. The first-order valence-electron chi connectivity index (χ1n) is 22.6. The maximum absolute atomic E-state index is 12.9. The topological polar surface area (TPSA) is 111 Å². The van der Waals surface area contributed by atoms with Crippen molar-refractivity contribution >= 4 is 19.8 Å². The van der Waals surface area contributed by atoms with Gasteiger partial charge >= 0.3 is 11.9 Å². The molecule has 0 aromatic rings. The number of ether oxygens (including phenoxy) is 2. The molecule has 55 heavy (non-hydrogen) atoms. The number of allylic oxidation sites excluding steroid dienone is 4. The molecule has 1 unspecified atom stereocenters. The van der Waals surface area contributed by atoms with Crippen LogP contribution in [0.25, 0.3) is 0 Å². The van der Waals surface area contributed by atoms with Crippen LogP contribution in [0.3, 0.4) is 0 Å². The average Bonchev–Trinajstić information content (AvgIpc) is 3.13. The van der Waals surface area contributed by atoms with Gasteiger partial charge in [-0.2, -0.15) is 0 Å². The number of hydrogen-bond acceptors (Lipinski definition) is 8. The largest absolute Gasteiger partial charge is 0.756 e. The molecular formula is C45H86NO8P. The normalized spacial score (nSPS) is 13.8. The highest BCUT2D eigenvalue weighted by molar-refractivity contribution is 7.45. The molecule has 0 aliphatic rings. The zero-order chi connectivity index (χ0) is 40.7. The SMILES string of the molecule is CCCCCCCC/C=C\CCCCCCCC(=O)OC[C@H](C[N+](C)(C)CCOP(=O)([O-])OCC)OC(=O)CCCCCCC/C=C\CCCCCCCC. The molecule has 10 heteroatoms. The third-order valence-corrected chi connectivity index (χ3v) is 11.0. The van der Waals surface area contributed by atoms with Crippen LogP contribution >= 0.6 is 7.82 Å². The van der Waals surface area contributed by atoms with Crippen molar-refractivity contribution in [3.05, 3.63) is 24.3 Å². The minimum atomic E-state index is -4.35. The van der Waals surface area contributed by atoms with Gasteiger partial charge in [-0.05, 0) is 71.1 Å². The van der Waals surface area contributed by atoms with E-state index in [0.717, 1.165) is 64.2 Å². The zero-order valence-corrected chi connectivity index (χ0v) is 37.3. The fraction of sp³-hybridized carbons (Fsp3) is 0.867. The van der Waals surface area contributed by atoms with Crippen molar-refractivity contribution in [2.75, 3.05) is 47.0 Å².